The first-order valence-electron chi connectivity index (χ1n) is 8.05. The molecule has 0 aliphatic rings. The topological polar surface area (TPSA) is 37.3 Å². The van der Waals surface area contributed by atoms with E-state index in [2.05, 4.69) is 65.8 Å². The van der Waals surface area contributed by atoms with Crippen LogP contribution >= 0.6 is 11.3 Å². The third kappa shape index (κ3) is 4.09. The number of rotatable bonds is 5. The molecule has 1 heterocycles. The fourth-order valence-electron chi connectivity index (χ4n) is 2.39. The van der Waals surface area contributed by atoms with Gasteiger partial charge >= 0.3 is 0 Å². The van der Waals surface area contributed by atoms with Gasteiger partial charge in [-0.2, -0.15) is 5.10 Å². The summed E-state index contributed by atoms with van der Waals surface area (Å²) in [6.45, 7) is 6.45. The van der Waals surface area contributed by atoms with Crippen molar-refractivity contribution < 1.29 is 0 Å². The van der Waals surface area contributed by atoms with E-state index in [-0.39, 0.29) is 0 Å². The van der Waals surface area contributed by atoms with Crippen LogP contribution in [0.25, 0.3) is 16.3 Å². The highest BCUT2D eigenvalue weighted by Crippen LogP contribution is 2.25. The van der Waals surface area contributed by atoms with Crippen LogP contribution in [0.4, 0.5) is 5.13 Å². The van der Waals surface area contributed by atoms with Crippen molar-refractivity contribution in [2.45, 2.75) is 26.7 Å². The number of hydrogen-bond donors (Lipinski definition) is 1. The summed E-state index contributed by atoms with van der Waals surface area (Å²) in [6, 6.07) is 16.7. The molecule has 2 aromatic carbocycles. The Balaban J connectivity index is 1.64. The number of nitrogens with zero attached hydrogens (tertiary/aromatic N) is 2. The lowest BCUT2D eigenvalue weighted by molar-refractivity contribution is 0.866. The summed E-state index contributed by atoms with van der Waals surface area (Å²) >= 11 is 1.60. The largest absolute Gasteiger partial charge is 0.253 e. The Bertz CT molecular complexity index is 840. The molecule has 0 fully saturated rings. The van der Waals surface area contributed by atoms with Gasteiger partial charge in [0.25, 0.3) is 0 Å². The molecule has 0 saturated heterocycles. The smallest absolute Gasteiger partial charge is 0.204 e. The van der Waals surface area contributed by atoms with Gasteiger partial charge in [0.1, 0.15) is 0 Å². The van der Waals surface area contributed by atoms with Crippen LogP contribution in [0.3, 0.4) is 0 Å². The summed E-state index contributed by atoms with van der Waals surface area (Å²) in [4.78, 5) is 4.49. The average Bonchev–Trinajstić information content (AvgIpc) is 2.98. The average molecular weight is 335 g/mol. The van der Waals surface area contributed by atoms with E-state index in [1.54, 1.807) is 11.3 Å². The van der Waals surface area contributed by atoms with Crippen LogP contribution in [0.15, 0.2) is 59.2 Å². The van der Waals surface area contributed by atoms with Gasteiger partial charge in [-0.25, -0.2) is 4.98 Å². The van der Waals surface area contributed by atoms with Crippen molar-refractivity contribution in [3.05, 3.63) is 65.2 Å². The normalized spacial score (nSPS) is 12.4. The van der Waals surface area contributed by atoms with Gasteiger partial charge in [0, 0.05) is 0 Å². The third-order valence-corrected chi connectivity index (χ3v) is 4.66. The van der Waals surface area contributed by atoms with Gasteiger partial charge in [0.05, 0.1) is 16.4 Å². The zero-order valence-corrected chi connectivity index (χ0v) is 15.0. The summed E-state index contributed by atoms with van der Waals surface area (Å²) in [7, 11) is 0. The van der Waals surface area contributed by atoms with Crippen molar-refractivity contribution in [2.24, 2.45) is 5.10 Å². The van der Waals surface area contributed by atoms with Gasteiger partial charge in [-0.05, 0) is 41.7 Å². The van der Waals surface area contributed by atoms with Crippen molar-refractivity contribution in [2.75, 3.05) is 5.43 Å². The summed E-state index contributed by atoms with van der Waals surface area (Å²) in [5, 5.41) is 5.09. The van der Waals surface area contributed by atoms with Crippen LogP contribution in [0.5, 0.6) is 0 Å². The van der Waals surface area contributed by atoms with E-state index in [4.69, 9.17) is 0 Å². The van der Waals surface area contributed by atoms with Crippen LogP contribution in [-0.4, -0.2) is 11.2 Å². The van der Waals surface area contributed by atoms with Crippen molar-refractivity contribution >= 4 is 39.0 Å². The molecule has 3 nitrogen and oxygen atoms in total. The summed E-state index contributed by atoms with van der Waals surface area (Å²) in [5.41, 5.74) is 7.63. The van der Waals surface area contributed by atoms with E-state index in [0.29, 0.717) is 5.92 Å². The lowest BCUT2D eigenvalue weighted by Crippen LogP contribution is -1.89. The number of allylic oxidation sites excluding steroid dienone is 1. The monoisotopic (exact) mass is 335 g/mol. The highest BCUT2D eigenvalue weighted by Gasteiger charge is 2.01. The summed E-state index contributed by atoms with van der Waals surface area (Å²) in [5.74, 6) is 0.559. The molecule has 0 radical (unpaired) electrons. The van der Waals surface area contributed by atoms with Crippen molar-refractivity contribution in [3.63, 3.8) is 0 Å². The maximum absolute atomic E-state index is 4.49. The molecule has 122 valence electrons. The lowest BCUT2D eigenvalue weighted by atomic mass is 10.0. The first kappa shape index (κ1) is 16.4. The van der Waals surface area contributed by atoms with Crippen LogP contribution in [-0.2, 0) is 0 Å². The number of hydrogen-bond acceptors (Lipinski definition) is 4. The van der Waals surface area contributed by atoms with Gasteiger partial charge in [0.2, 0.25) is 5.13 Å². The fraction of sp³-hybridized carbons (Fsp3) is 0.200. The molecule has 0 amide bonds. The molecule has 0 bridgehead atoms. The van der Waals surface area contributed by atoms with Crippen LogP contribution in [0, 0.1) is 0 Å². The highest BCUT2D eigenvalue weighted by molar-refractivity contribution is 7.22. The number of para-hydroxylation sites is 1. The predicted molar refractivity (Wildman–Crippen MR) is 106 cm³/mol. The van der Waals surface area contributed by atoms with Gasteiger partial charge in [-0.1, -0.05) is 67.7 Å². The molecule has 3 rings (SSSR count). The van der Waals surface area contributed by atoms with Gasteiger partial charge in [-0.15, -0.1) is 0 Å². The Hall–Kier alpha value is -2.46. The first-order chi connectivity index (χ1) is 11.6. The lowest BCUT2D eigenvalue weighted by Gasteiger charge is -2.04. The standard InChI is InChI=1S/C20H21N3S/c1-14(2)17-10-8-16(9-11-17)12-15(3)13-21-23-20-22-18-6-4-5-7-19(18)24-20/h4-14H,1-3H3,(H,22,23). The van der Waals surface area contributed by atoms with E-state index in [1.807, 2.05) is 31.3 Å². The Kier molecular flexibility index (Phi) is 5.06. The van der Waals surface area contributed by atoms with E-state index < -0.39 is 0 Å². The SMILES string of the molecule is CC(C=NNc1nc2ccccc2s1)=Cc1ccc(C(C)C)cc1. The number of aromatic nitrogens is 1. The molecule has 0 spiro atoms. The number of thiazole rings is 1. The molecule has 3 aromatic rings. The zero-order valence-electron chi connectivity index (χ0n) is 14.2. The molecule has 0 aliphatic heterocycles. The zero-order chi connectivity index (χ0) is 16.9. The van der Waals surface area contributed by atoms with Crippen molar-refractivity contribution in [1.82, 2.24) is 4.98 Å². The quantitative estimate of drug-likeness (QED) is 0.464. The van der Waals surface area contributed by atoms with E-state index in [1.165, 1.54) is 11.1 Å². The van der Waals surface area contributed by atoms with E-state index >= 15 is 0 Å². The number of hydrazone groups is 1. The second-order valence-electron chi connectivity index (χ2n) is 6.07. The Morgan fingerprint density at radius 3 is 2.58 bits per heavy atom. The first-order valence-corrected chi connectivity index (χ1v) is 8.86. The molecular weight excluding hydrogens is 314 g/mol. The minimum atomic E-state index is 0.559. The highest BCUT2D eigenvalue weighted by atomic mass is 32.1. The maximum Gasteiger partial charge on any atom is 0.204 e. The molecule has 1 N–H and O–H groups in total. The molecule has 1 aromatic heterocycles. The van der Waals surface area contributed by atoms with Gasteiger partial charge in [-0.3, -0.25) is 5.43 Å². The van der Waals surface area contributed by atoms with Crippen molar-refractivity contribution in [3.8, 4) is 0 Å². The molecule has 0 unspecified atom stereocenters. The number of fused-ring (bicyclic) bond motifs is 1. The molecule has 0 atom stereocenters. The number of benzene rings is 2. The molecule has 4 heteroatoms. The fourth-order valence-corrected chi connectivity index (χ4v) is 3.20. The molecular formula is C20H21N3S. The van der Waals surface area contributed by atoms with Crippen LogP contribution in [0.1, 0.15) is 37.8 Å². The maximum atomic E-state index is 4.49. The predicted octanol–water partition coefficient (Wildman–Crippen LogP) is 5.92. The Labute approximate surface area is 146 Å². The second-order valence-corrected chi connectivity index (χ2v) is 7.10. The minimum Gasteiger partial charge on any atom is -0.253 e. The van der Waals surface area contributed by atoms with Crippen molar-refractivity contribution in [1.29, 1.82) is 0 Å². The van der Waals surface area contributed by atoms with E-state index in [0.717, 1.165) is 20.9 Å². The molecule has 0 aliphatic carbocycles. The summed E-state index contributed by atoms with van der Waals surface area (Å²) < 4.78 is 1.16. The Morgan fingerprint density at radius 1 is 1.12 bits per heavy atom. The minimum absolute atomic E-state index is 0.559. The molecule has 0 saturated carbocycles. The van der Waals surface area contributed by atoms with Gasteiger partial charge < -0.3 is 0 Å². The second kappa shape index (κ2) is 7.41. The third-order valence-electron chi connectivity index (χ3n) is 3.72. The van der Waals surface area contributed by atoms with Gasteiger partial charge in [0.15, 0.2) is 0 Å². The number of nitrogens with one attached hydrogen (secondary N) is 1. The summed E-state index contributed by atoms with van der Waals surface area (Å²) in [6.07, 6.45) is 3.94. The Morgan fingerprint density at radius 2 is 1.88 bits per heavy atom. The van der Waals surface area contributed by atoms with Crippen LogP contribution < -0.4 is 5.43 Å². The number of anilines is 1. The van der Waals surface area contributed by atoms with Crippen LogP contribution in [0.2, 0.25) is 0 Å². The van der Waals surface area contributed by atoms with E-state index in [9.17, 15) is 0 Å². The molecule has 24 heavy (non-hydrogen) atoms.